The van der Waals surface area contributed by atoms with Crippen molar-refractivity contribution < 1.29 is 9.90 Å². The number of nitrogens with zero attached hydrogens (tertiary/aromatic N) is 3. The Bertz CT molecular complexity index is 994. The number of benzene rings is 1. The maximum absolute atomic E-state index is 11.5. The second-order valence-electron chi connectivity index (χ2n) is 11.5. The van der Waals surface area contributed by atoms with E-state index in [2.05, 4.69) is 57.8 Å². The number of fused-ring (bicyclic) bond motifs is 1. The van der Waals surface area contributed by atoms with Gasteiger partial charge in [-0.25, -0.2) is 4.79 Å². The first-order valence-corrected chi connectivity index (χ1v) is 14.0. The van der Waals surface area contributed by atoms with E-state index in [-0.39, 0.29) is 0 Å². The number of hydrogen-bond donors (Lipinski definition) is 2. The van der Waals surface area contributed by atoms with Gasteiger partial charge in [-0.2, -0.15) is 0 Å². The van der Waals surface area contributed by atoms with E-state index in [1.165, 1.54) is 60.7 Å². The molecule has 2 aromatic rings. The maximum Gasteiger partial charge on any atom is 0.404 e. The number of carbonyl (C=O) groups is 1. The van der Waals surface area contributed by atoms with Crippen LogP contribution in [0.25, 0.3) is 10.9 Å². The highest BCUT2D eigenvalue weighted by Gasteiger charge is 2.32. The maximum atomic E-state index is 11.5. The average molecular weight is 481 g/mol. The molecule has 1 saturated carbocycles. The monoisotopic (exact) mass is 480 g/mol. The molecule has 2 saturated heterocycles. The van der Waals surface area contributed by atoms with Crippen LogP contribution in [0.3, 0.4) is 0 Å². The number of likely N-dealkylation sites (tertiary alicyclic amines) is 2. The molecule has 5 rings (SSSR count). The number of aromatic nitrogens is 1. The summed E-state index contributed by atoms with van der Waals surface area (Å²) in [5.41, 5.74) is 3.78. The quantitative estimate of drug-likeness (QED) is 0.521. The normalized spacial score (nSPS) is 25.0. The summed E-state index contributed by atoms with van der Waals surface area (Å²) < 4.78 is 2.52. The van der Waals surface area contributed by atoms with Crippen LogP contribution in [-0.2, 0) is 13.1 Å². The minimum absolute atomic E-state index is 0.382. The van der Waals surface area contributed by atoms with Gasteiger partial charge in [0.05, 0.1) is 6.54 Å². The van der Waals surface area contributed by atoms with E-state index in [4.69, 9.17) is 0 Å². The molecule has 2 aliphatic heterocycles. The summed E-state index contributed by atoms with van der Waals surface area (Å²) in [6.45, 7) is 10.7. The minimum Gasteiger partial charge on any atom is -0.465 e. The Morgan fingerprint density at radius 2 is 1.66 bits per heavy atom. The molecule has 0 unspecified atom stereocenters. The standard InChI is InChI=1S/C29H44N4O2/c1-21(2)22-9-11-23(12-10-22)32-17-13-24(14-18-32)33-27-8-4-3-7-25(27)26(20-31-15-5-6-16-31)28(33)19-30-29(34)35/h3-4,7-8,21-24,30H,5-6,9-20H2,1-2H3,(H,34,35). The van der Waals surface area contributed by atoms with Crippen LogP contribution in [0.1, 0.15) is 82.5 Å². The lowest BCUT2D eigenvalue weighted by Gasteiger charge is -2.42. The summed E-state index contributed by atoms with van der Waals surface area (Å²) in [6.07, 6.45) is 9.35. The van der Waals surface area contributed by atoms with Crippen molar-refractivity contribution in [2.24, 2.45) is 11.8 Å². The highest BCUT2D eigenvalue weighted by molar-refractivity contribution is 5.86. The molecule has 1 aromatic carbocycles. The van der Waals surface area contributed by atoms with Crippen molar-refractivity contribution in [3.63, 3.8) is 0 Å². The molecule has 0 radical (unpaired) electrons. The lowest BCUT2D eigenvalue weighted by atomic mass is 9.79. The second kappa shape index (κ2) is 10.9. The van der Waals surface area contributed by atoms with Crippen LogP contribution in [-0.4, -0.2) is 57.8 Å². The van der Waals surface area contributed by atoms with Crippen LogP contribution in [0.15, 0.2) is 24.3 Å². The first-order valence-electron chi connectivity index (χ1n) is 14.0. The van der Waals surface area contributed by atoms with Crippen molar-refractivity contribution in [2.75, 3.05) is 26.2 Å². The van der Waals surface area contributed by atoms with Gasteiger partial charge in [0.25, 0.3) is 0 Å². The second-order valence-corrected chi connectivity index (χ2v) is 11.5. The molecule has 192 valence electrons. The molecule has 3 fully saturated rings. The third-order valence-corrected chi connectivity index (χ3v) is 9.18. The Labute approximate surface area is 210 Å². The topological polar surface area (TPSA) is 60.7 Å². The summed E-state index contributed by atoms with van der Waals surface area (Å²) in [5.74, 6) is 1.73. The number of amides is 1. The fourth-order valence-corrected chi connectivity index (χ4v) is 7.14. The molecule has 1 amide bonds. The van der Waals surface area contributed by atoms with Gasteiger partial charge in [0.1, 0.15) is 0 Å². The van der Waals surface area contributed by atoms with E-state index in [0.717, 1.165) is 63.4 Å². The molecule has 1 aromatic heterocycles. The number of para-hydroxylation sites is 1. The molecular weight excluding hydrogens is 436 g/mol. The lowest BCUT2D eigenvalue weighted by Crippen LogP contribution is -2.44. The van der Waals surface area contributed by atoms with Crippen molar-refractivity contribution in [2.45, 2.75) is 90.4 Å². The zero-order chi connectivity index (χ0) is 24.4. The highest BCUT2D eigenvalue weighted by atomic mass is 16.4. The number of piperidine rings is 1. The lowest BCUT2D eigenvalue weighted by molar-refractivity contribution is 0.0888. The Morgan fingerprint density at radius 3 is 2.31 bits per heavy atom. The molecule has 3 heterocycles. The van der Waals surface area contributed by atoms with Crippen molar-refractivity contribution in [3.05, 3.63) is 35.5 Å². The fraction of sp³-hybridized carbons (Fsp3) is 0.690. The van der Waals surface area contributed by atoms with Crippen molar-refractivity contribution in [3.8, 4) is 0 Å². The molecule has 0 bridgehead atoms. The summed E-state index contributed by atoms with van der Waals surface area (Å²) in [4.78, 5) is 16.8. The summed E-state index contributed by atoms with van der Waals surface area (Å²) in [5, 5.41) is 13.4. The molecular formula is C29H44N4O2. The third-order valence-electron chi connectivity index (χ3n) is 9.18. The highest BCUT2D eigenvalue weighted by Crippen LogP contribution is 2.38. The molecule has 0 spiro atoms. The van der Waals surface area contributed by atoms with E-state index in [9.17, 15) is 9.90 Å². The van der Waals surface area contributed by atoms with Gasteiger partial charge in [-0.05, 0) is 87.9 Å². The van der Waals surface area contributed by atoms with Gasteiger partial charge in [-0.3, -0.25) is 4.90 Å². The molecule has 6 heteroatoms. The van der Waals surface area contributed by atoms with Crippen molar-refractivity contribution >= 4 is 17.0 Å². The molecule has 2 N–H and O–H groups in total. The first-order chi connectivity index (χ1) is 17.0. The summed E-state index contributed by atoms with van der Waals surface area (Å²) in [6, 6.07) is 9.93. The zero-order valence-electron chi connectivity index (χ0n) is 21.7. The number of hydrogen-bond acceptors (Lipinski definition) is 3. The van der Waals surface area contributed by atoms with Gasteiger partial charge < -0.3 is 19.9 Å². The van der Waals surface area contributed by atoms with Crippen LogP contribution in [0, 0.1) is 11.8 Å². The number of nitrogens with one attached hydrogen (secondary N) is 1. The van der Waals surface area contributed by atoms with Crippen LogP contribution < -0.4 is 5.32 Å². The molecule has 0 atom stereocenters. The third kappa shape index (κ3) is 5.39. The fourth-order valence-electron chi connectivity index (χ4n) is 7.14. The Hall–Kier alpha value is -2.05. The van der Waals surface area contributed by atoms with Crippen LogP contribution in [0.2, 0.25) is 0 Å². The SMILES string of the molecule is CC(C)C1CCC(N2CCC(n3c(CNC(=O)O)c(CN4CCCC4)c4ccccc43)CC2)CC1. The van der Waals surface area contributed by atoms with Crippen LogP contribution in [0.5, 0.6) is 0 Å². The van der Waals surface area contributed by atoms with Gasteiger partial charge >= 0.3 is 6.09 Å². The average Bonchev–Trinajstić information content (AvgIpc) is 3.49. The van der Waals surface area contributed by atoms with Crippen molar-refractivity contribution in [1.29, 1.82) is 0 Å². The molecule has 6 nitrogen and oxygen atoms in total. The van der Waals surface area contributed by atoms with Gasteiger partial charge in [0.15, 0.2) is 0 Å². The molecule has 35 heavy (non-hydrogen) atoms. The van der Waals surface area contributed by atoms with E-state index < -0.39 is 6.09 Å². The van der Waals surface area contributed by atoms with Crippen LogP contribution in [0.4, 0.5) is 4.79 Å². The molecule has 1 aliphatic carbocycles. The Morgan fingerprint density at radius 1 is 0.971 bits per heavy atom. The Kier molecular flexibility index (Phi) is 7.68. The van der Waals surface area contributed by atoms with Gasteiger partial charge in [-0.15, -0.1) is 0 Å². The predicted octanol–water partition coefficient (Wildman–Crippen LogP) is 5.86. The van der Waals surface area contributed by atoms with E-state index in [1.807, 2.05) is 0 Å². The number of carboxylic acid groups (broad SMARTS) is 1. The largest absolute Gasteiger partial charge is 0.465 e. The van der Waals surface area contributed by atoms with E-state index in [0.29, 0.717) is 12.6 Å². The van der Waals surface area contributed by atoms with Crippen molar-refractivity contribution in [1.82, 2.24) is 19.7 Å². The predicted molar refractivity (Wildman–Crippen MR) is 142 cm³/mol. The van der Waals surface area contributed by atoms with E-state index >= 15 is 0 Å². The molecule has 3 aliphatic rings. The Balaban J connectivity index is 1.36. The summed E-state index contributed by atoms with van der Waals surface area (Å²) in [7, 11) is 0. The van der Waals surface area contributed by atoms with E-state index in [1.54, 1.807) is 0 Å². The number of rotatable bonds is 7. The van der Waals surface area contributed by atoms with Gasteiger partial charge in [0, 0.05) is 48.3 Å². The smallest absolute Gasteiger partial charge is 0.404 e. The summed E-state index contributed by atoms with van der Waals surface area (Å²) >= 11 is 0. The minimum atomic E-state index is -0.944. The van der Waals surface area contributed by atoms with Crippen LogP contribution >= 0.6 is 0 Å². The zero-order valence-corrected chi connectivity index (χ0v) is 21.7. The van der Waals surface area contributed by atoms with Gasteiger partial charge in [0.2, 0.25) is 0 Å². The first kappa shape index (κ1) is 24.6. The van der Waals surface area contributed by atoms with Gasteiger partial charge in [-0.1, -0.05) is 32.0 Å².